The van der Waals surface area contributed by atoms with Gasteiger partial charge in [0, 0.05) is 22.1 Å². The van der Waals surface area contributed by atoms with Gasteiger partial charge in [-0.2, -0.15) is 0 Å². The highest BCUT2D eigenvalue weighted by molar-refractivity contribution is 9.10. The normalized spacial score (nSPS) is 26.9. The molecule has 0 bridgehead atoms. The quantitative estimate of drug-likeness (QED) is 0.744. The maximum atomic E-state index is 3.62. The maximum absolute atomic E-state index is 3.62. The third kappa shape index (κ3) is 1.49. The zero-order chi connectivity index (χ0) is 11.5. The molecule has 17 heavy (non-hydrogen) atoms. The number of benzene rings is 1. The Morgan fingerprint density at radius 1 is 1.00 bits per heavy atom. The topological polar surface area (TPSA) is 12.0 Å². The Labute approximate surface area is 111 Å². The summed E-state index contributed by atoms with van der Waals surface area (Å²) in [6.07, 6.45) is 8.71. The van der Waals surface area contributed by atoms with E-state index in [1.807, 2.05) is 0 Å². The minimum atomic E-state index is 0.451. The van der Waals surface area contributed by atoms with Crippen LogP contribution in [-0.2, 0) is 5.41 Å². The average molecular weight is 292 g/mol. The zero-order valence-corrected chi connectivity index (χ0v) is 11.6. The Bertz CT molecular complexity index is 466. The predicted octanol–water partition coefficient (Wildman–Crippen LogP) is 4.47. The molecule has 0 radical (unpaired) electrons. The monoisotopic (exact) mass is 291 g/mol. The van der Waals surface area contributed by atoms with E-state index in [2.05, 4.69) is 39.4 Å². The van der Waals surface area contributed by atoms with Gasteiger partial charge in [0.25, 0.3) is 0 Å². The second-order valence-electron chi connectivity index (χ2n) is 6.32. The second-order valence-corrected chi connectivity index (χ2v) is 7.24. The predicted molar refractivity (Wildman–Crippen MR) is 74.4 cm³/mol. The number of hydrogen-bond donors (Lipinski definition) is 1. The largest absolute Gasteiger partial charge is 0.384 e. The van der Waals surface area contributed by atoms with E-state index in [0.717, 1.165) is 12.0 Å². The molecule has 2 aliphatic carbocycles. The molecule has 2 fully saturated rings. The Hall–Kier alpha value is -0.500. The maximum Gasteiger partial charge on any atom is 0.0380 e. The lowest BCUT2D eigenvalue weighted by molar-refractivity contribution is 0.231. The molecule has 1 N–H and O–H groups in total. The van der Waals surface area contributed by atoms with Crippen LogP contribution in [0.4, 0.5) is 5.69 Å². The molecule has 0 unspecified atom stereocenters. The van der Waals surface area contributed by atoms with Gasteiger partial charge in [-0.15, -0.1) is 0 Å². The number of fused-ring (bicyclic) bond motifs is 2. The molecule has 4 rings (SSSR count). The van der Waals surface area contributed by atoms with Gasteiger partial charge < -0.3 is 5.32 Å². The van der Waals surface area contributed by atoms with Crippen LogP contribution in [0.5, 0.6) is 0 Å². The molecule has 1 aromatic carbocycles. The summed E-state index contributed by atoms with van der Waals surface area (Å²) in [6.45, 7) is 1.16. The van der Waals surface area contributed by atoms with E-state index in [1.54, 1.807) is 5.56 Å². The molecule has 2 spiro atoms. The number of nitrogens with one attached hydrogen (secondary N) is 1. The van der Waals surface area contributed by atoms with Gasteiger partial charge >= 0.3 is 0 Å². The lowest BCUT2D eigenvalue weighted by Gasteiger charge is -2.37. The fourth-order valence-corrected chi connectivity index (χ4v) is 4.21. The SMILES string of the molecule is Brc1ccc2c(c1)C1(CCC3(CC3)CC1)CN2. The van der Waals surface area contributed by atoms with Crippen molar-refractivity contribution in [2.24, 2.45) is 5.41 Å². The van der Waals surface area contributed by atoms with Crippen LogP contribution in [0.2, 0.25) is 0 Å². The molecule has 2 saturated carbocycles. The van der Waals surface area contributed by atoms with Crippen molar-refractivity contribution in [1.29, 1.82) is 0 Å². The summed E-state index contributed by atoms with van der Waals surface area (Å²) in [5.41, 5.74) is 4.19. The van der Waals surface area contributed by atoms with Gasteiger partial charge in [-0.25, -0.2) is 0 Å². The Kier molecular flexibility index (Phi) is 2.01. The Balaban J connectivity index is 1.70. The van der Waals surface area contributed by atoms with Gasteiger partial charge in [0.05, 0.1) is 0 Å². The van der Waals surface area contributed by atoms with E-state index in [4.69, 9.17) is 0 Å². The summed E-state index contributed by atoms with van der Waals surface area (Å²) >= 11 is 3.62. The number of hydrogen-bond acceptors (Lipinski definition) is 1. The molecule has 1 heterocycles. The minimum absolute atomic E-state index is 0.451. The van der Waals surface area contributed by atoms with E-state index >= 15 is 0 Å². The summed E-state index contributed by atoms with van der Waals surface area (Å²) in [5.74, 6) is 0. The summed E-state index contributed by atoms with van der Waals surface area (Å²) in [5, 5.41) is 3.61. The van der Waals surface area contributed by atoms with E-state index in [0.29, 0.717) is 5.41 Å². The number of anilines is 1. The number of halogens is 1. The molecule has 90 valence electrons. The second kappa shape index (κ2) is 3.28. The first-order chi connectivity index (χ1) is 8.22. The van der Waals surface area contributed by atoms with Gasteiger partial charge in [-0.3, -0.25) is 0 Å². The molecule has 0 aromatic heterocycles. The third-order valence-electron chi connectivity index (χ3n) is 5.40. The van der Waals surface area contributed by atoms with Gasteiger partial charge in [-0.1, -0.05) is 15.9 Å². The van der Waals surface area contributed by atoms with Crippen molar-refractivity contribution in [3.05, 3.63) is 28.2 Å². The van der Waals surface area contributed by atoms with Crippen LogP contribution in [0.15, 0.2) is 22.7 Å². The molecule has 2 heteroatoms. The first-order valence-corrected chi connectivity index (χ1v) is 7.55. The van der Waals surface area contributed by atoms with Crippen molar-refractivity contribution in [2.45, 2.75) is 43.9 Å². The molecular formula is C15H18BrN. The first kappa shape index (κ1) is 10.4. The summed E-state index contributed by atoms with van der Waals surface area (Å²) in [7, 11) is 0. The smallest absolute Gasteiger partial charge is 0.0380 e. The standard InChI is InChI=1S/C15H18BrN/c16-11-1-2-13-12(9-11)15(10-17-13)7-5-14(3-4-14)6-8-15/h1-2,9,17H,3-8,10H2. The van der Waals surface area contributed by atoms with Crippen molar-refractivity contribution in [2.75, 3.05) is 11.9 Å². The fourth-order valence-electron chi connectivity index (χ4n) is 3.85. The molecule has 3 aliphatic rings. The van der Waals surface area contributed by atoms with E-state index < -0.39 is 0 Å². The fraction of sp³-hybridized carbons (Fsp3) is 0.600. The van der Waals surface area contributed by atoms with E-state index in [9.17, 15) is 0 Å². The summed E-state index contributed by atoms with van der Waals surface area (Å²) in [6, 6.07) is 6.73. The van der Waals surface area contributed by atoms with Gasteiger partial charge in [-0.05, 0) is 67.7 Å². The van der Waals surface area contributed by atoms with Crippen molar-refractivity contribution < 1.29 is 0 Å². The van der Waals surface area contributed by atoms with Crippen LogP contribution in [0.25, 0.3) is 0 Å². The van der Waals surface area contributed by atoms with Crippen LogP contribution in [0.3, 0.4) is 0 Å². The zero-order valence-electron chi connectivity index (χ0n) is 10.1. The number of rotatable bonds is 0. The van der Waals surface area contributed by atoms with Crippen molar-refractivity contribution in [3.63, 3.8) is 0 Å². The molecule has 1 aliphatic heterocycles. The molecule has 0 saturated heterocycles. The van der Waals surface area contributed by atoms with Crippen molar-refractivity contribution in [3.8, 4) is 0 Å². The van der Waals surface area contributed by atoms with Gasteiger partial charge in [0.15, 0.2) is 0 Å². The van der Waals surface area contributed by atoms with Crippen LogP contribution in [0.1, 0.15) is 44.1 Å². The molecule has 1 aromatic rings. The van der Waals surface area contributed by atoms with Crippen LogP contribution < -0.4 is 5.32 Å². The minimum Gasteiger partial charge on any atom is -0.384 e. The average Bonchev–Trinajstić information content (AvgIpc) is 3.03. The lowest BCUT2D eigenvalue weighted by Crippen LogP contribution is -2.34. The highest BCUT2D eigenvalue weighted by Crippen LogP contribution is 2.61. The van der Waals surface area contributed by atoms with Crippen LogP contribution >= 0.6 is 15.9 Å². The highest BCUT2D eigenvalue weighted by atomic mass is 79.9. The Morgan fingerprint density at radius 2 is 1.71 bits per heavy atom. The lowest BCUT2D eigenvalue weighted by atomic mass is 9.66. The van der Waals surface area contributed by atoms with Crippen molar-refractivity contribution in [1.82, 2.24) is 0 Å². The van der Waals surface area contributed by atoms with Gasteiger partial charge in [0.2, 0.25) is 0 Å². The first-order valence-electron chi connectivity index (χ1n) is 6.76. The van der Waals surface area contributed by atoms with Crippen LogP contribution in [0, 0.1) is 5.41 Å². The molecule has 1 nitrogen and oxygen atoms in total. The highest BCUT2D eigenvalue weighted by Gasteiger charge is 2.51. The molecule has 0 amide bonds. The molecule has 0 atom stereocenters. The van der Waals surface area contributed by atoms with Gasteiger partial charge in [0.1, 0.15) is 0 Å². The summed E-state index contributed by atoms with van der Waals surface area (Å²) < 4.78 is 1.23. The van der Waals surface area contributed by atoms with E-state index in [-0.39, 0.29) is 0 Å². The van der Waals surface area contributed by atoms with Crippen molar-refractivity contribution >= 4 is 21.6 Å². The van der Waals surface area contributed by atoms with E-state index in [1.165, 1.54) is 48.7 Å². The summed E-state index contributed by atoms with van der Waals surface area (Å²) in [4.78, 5) is 0. The Morgan fingerprint density at radius 3 is 2.41 bits per heavy atom. The molecular weight excluding hydrogens is 274 g/mol. The third-order valence-corrected chi connectivity index (χ3v) is 5.89. The van der Waals surface area contributed by atoms with Crippen LogP contribution in [-0.4, -0.2) is 6.54 Å².